The summed E-state index contributed by atoms with van der Waals surface area (Å²) in [4.78, 5) is 13.8. The van der Waals surface area contributed by atoms with Gasteiger partial charge in [-0.25, -0.2) is 4.79 Å². The number of carbonyl (C=O) groups is 1. The van der Waals surface area contributed by atoms with E-state index in [9.17, 15) is 4.79 Å². The van der Waals surface area contributed by atoms with Gasteiger partial charge in [0.25, 0.3) is 0 Å². The number of hydrogen-bond donors (Lipinski definition) is 3. The first-order valence-corrected chi connectivity index (χ1v) is 6.46. The van der Waals surface area contributed by atoms with Gasteiger partial charge in [-0.1, -0.05) is 12.1 Å². The molecule has 0 bridgehead atoms. The Kier molecular flexibility index (Phi) is 5.79. The van der Waals surface area contributed by atoms with Crippen LogP contribution in [0.4, 0.5) is 10.5 Å². The molecule has 0 spiro atoms. The Balaban J connectivity index is 2.48. The Bertz CT molecular complexity index is 400. The number of rotatable bonds is 5. The van der Waals surface area contributed by atoms with Crippen LogP contribution in [0, 0.1) is 0 Å². The number of nitrogens with two attached hydrogens (primary N) is 1. The minimum atomic E-state index is -0.192. The van der Waals surface area contributed by atoms with Gasteiger partial charge in [-0.05, 0) is 45.6 Å². The Hall–Kier alpha value is -1.59. The van der Waals surface area contributed by atoms with Gasteiger partial charge in [0.05, 0.1) is 0 Å². The van der Waals surface area contributed by atoms with E-state index in [0.29, 0.717) is 0 Å². The SMILES string of the molecule is CC(CN(C)C)NC(=O)Nc1ccc(C(C)N)cc1. The number of carbonyl (C=O) groups excluding carboxylic acids is 1. The molecule has 2 amide bonds. The number of benzene rings is 1. The standard InChI is InChI=1S/C14H24N4O/c1-10(9-18(3)4)16-14(19)17-13-7-5-12(6-8-13)11(2)15/h5-8,10-11H,9,15H2,1-4H3,(H2,16,17,19). The molecule has 0 aliphatic rings. The van der Waals surface area contributed by atoms with Crippen molar-refractivity contribution >= 4 is 11.7 Å². The highest BCUT2D eigenvalue weighted by Crippen LogP contribution is 2.13. The summed E-state index contributed by atoms with van der Waals surface area (Å²) >= 11 is 0. The summed E-state index contributed by atoms with van der Waals surface area (Å²) in [5, 5.41) is 5.68. The summed E-state index contributed by atoms with van der Waals surface area (Å²) in [6.07, 6.45) is 0. The summed E-state index contributed by atoms with van der Waals surface area (Å²) in [5.74, 6) is 0. The number of amides is 2. The van der Waals surface area contributed by atoms with Gasteiger partial charge in [0.15, 0.2) is 0 Å². The molecule has 0 radical (unpaired) electrons. The number of hydrogen-bond acceptors (Lipinski definition) is 3. The highest BCUT2D eigenvalue weighted by molar-refractivity contribution is 5.89. The van der Waals surface area contributed by atoms with E-state index in [-0.39, 0.29) is 18.1 Å². The molecule has 106 valence electrons. The predicted molar refractivity (Wildman–Crippen MR) is 79.2 cm³/mol. The van der Waals surface area contributed by atoms with Crippen molar-refractivity contribution in [2.45, 2.75) is 25.9 Å². The Morgan fingerprint density at radius 3 is 2.32 bits per heavy atom. The predicted octanol–water partition coefficient (Wildman–Crippen LogP) is 1.78. The third-order valence-corrected chi connectivity index (χ3v) is 2.71. The van der Waals surface area contributed by atoms with Crippen LogP contribution in [0.1, 0.15) is 25.5 Å². The molecule has 19 heavy (non-hydrogen) atoms. The lowest BCUT2D eigenvalue weighted by Crippen LogP contribution is -2.41. The van der Waals surface area contributed by atoms with Crippen molar-refractivity contribution in [3.05, 3.63) is 29.8 Å². The van der Waals surface area contributed by atoms with E-state index in [1.165, 1.54) is 0 Å². The molecule has 4 N–H and O–H groups in total. The van der Waals surface area contributed by atoms with Crippen molar-refractivity contribution < 1.29 is 4.79 Å². The molecule has 0 aliphatic carbocycles. The molecule has 0 heterocycles. The van der Waals surface area contributed by atoms with Crippen molar-refractivity contribution in [3.8, 4) is 0 Å². The van der Waals surface area contributed by atoms with Crippen molar-refractivity contribution in [1.82, 2.24) is 10.2 Å². The molecule has 5 heteroatoms. The first kappa shape index (κ1) is 15.5. The van der Waals surface area contributed by atoms with E-state index in [1.807, 2.05) is 57.1 Å². The maximum Gasteiger partial charge on any atom is 0.319 e. The molecule has 0 saturated carbocycles. The first-order valence-electron chi connectivity index (χ1n) is 6.46. The maximum atomic E-state index is 11.8. The van der Waals surface area contributed by atoms with Crippen molar-refractivity contribution in [2.75, 3.05) is 26.0 Å². The largest absolute Gasteiger partial charge is 0.334 e. The Morgan fingerprint density at radius 2 is 1.84 bits per heavy atom. The van der Waals surface area contributed by atoms with Crippen LogP contribution >= 0.6 is 0 Å². The van der Waals surface area contributed by atoms with Crippen LogP contribution in [0.3, 0.4) is 0 Å². The summed E-state index contributed by atoms with van der Waals surface area (Å²) in [6, 6.07) is 7.46. The van der Waals surface area contributed by atoms with Crippen LogP contribution in [0.2, 0.25) is 0 Å². The van der Waals surface area contributed by atoms with E-state index < -0.39 is 0 Å². The molecule has 1 aromatic carbocycles. The van der Waals surface area contributed by atoms with Crippen LogP contribution in [0.25, 0.3) is 0 Å². The van der Waals surface area contributed by atoms with Gasteiger partial charge in [0.2, 0.25) is 0 Å². The van der Waals surface area contributed by atoms with Gasteiger partial charge >= 0.3 is 6.03 Å². The lowest BCUT2D eigenvalue weighted by Gasteiger charge is -2.18. The van der Waals surface area contributed by atoms with Gasteiger partial charge in [0.1, 0.15) is 0 Å². The molecule has 0 aliphatic heterocycles. The minimum Gasteiger partial charge on any atom is -0.334 e. The zero-order chi connectivity index (χ0) is 14.4. The highest BCUT2D eigenvalue weighted by Gasteiger charge is 2.08. The number of urea groups is 1. The summed E-state index contributed by atoms with van der Waals surface area (Å²) < 4.78 is 0. The lowest BCUT2D eigenvalue weighted by molar-refractivity contribution is 0.245. The zero-order valence-corrected chi connectivity index (χ0v) is 12.1. The lowest BCUT2D eigenvalue weighted by atomic mass is 10.1. The first-order chi connectivity index (χ1) is 8.88. The monoisotopic (exact) mass is 264 g/mol. The van der Waals surface area contributed by atoms with Gasteiger partial charge in [-0.3, -0.25) is 0 Å². The van der Waals surface area contributed by atoms with E-state index in [1.54, 1.807) is 0 Å². The molecule has 5 nitrogen and oxygen atoms in total. The molecule has 0 saturated heterocycles. The number of nitrogens with one attached hydrogen (secondary N) is 2. The third kappa shape index (κ3) is 5.72. The van der Waals surface area contributed by atoms with E-state index in [4.69, 9.17) is 5.73 Å². The van der Waals surface area contributed by atoms with Gasteiger partial charge < -0.3 is 21.3 Å². The summed E-state index contributed by atoms with van der Waals surface area (Å²) in [6.45, 7) is 4.70. The average molecular weight is 264 g/mol. The summed E-state index contributed by atoms with van der Waals surface area (Å²) in [5.41, 5.74) is 7.58. The van der Waals surface area contributed by atoms with Crippen LogP contribution < -0.4 is 16.4 Å². The fourth-order valence-corrected chi connectivity index (χ4v) is 1.85. The maximum absolute atomic E-state index is 11.8. The van der Waals surface area contributed by atoms with Crippen molar-refractivity contribution in [2.24, 2.45) is 5.73 Å². The highest BCUT2D eigenvalue weighted by atomic mass is 16.2. The molecule has 2 unspecified atom stereocenters. The minimum absolute atomic E-state index is 0.00277. The van der Waals surface area contributed by atoms with Crippen LogP contribution in [0.15, 0.2) is 24.3 Å². The van der Waals surface area contributed by atoms with Crippen LogP contribution in [-0.2, 0) is 0 Å². The number of likely N-dealkylation sites (N-methyl/N-ethyl adjacent to an activating group) is 1. The molecule has 0 aromatic heterocycles. The second-order valence-corrected chi connectivity index (χ2v) is 5.17. The molecule has 0 fully saturated rings. The number of nitrogens with zero attached hydrogens (tertiary/aromatic N) is 1. The smallest absolute Gasteiger partial charge is 0.319 e. The van der Waals surface area contributed by atoms with E-state index in [0.717, 1.165) is 17.8 Å². The van der Waals surface area contributed by atoms with Crippen molar-refractivity contribution in [3.63, 3.8) is 0 Å². The quantitative estimate of drug-likeness (QED) is 0.759. The Labute approximate surface area is 115 Å². The van der Waals surface area contributed by atoms with E-state index >= 15 is 0 Å². The second kappa shape index (κ2) is 7.11. The van der Waals surface area contributed by atoms with Gasteiger partial charge in [-0.15, -0.1) is 0 Å². The molecule has 1 rings (SSSR count). The number of anilines is 1. The van der Waals surface area contributed by atoms with Crippen LogP contribution in [-0.4, -0.2) is 37.6 Å². The van der Waals surface area contributed by atoms with Gasteiger partial charge in [0, 0.05) is 24.3 Å². The van der Waals surface area contributed by atoms with E-state index in [2.05, 4.69) is 10.6 Å². The molecular formula is C14H24N4O. The molecular weight excluding hydrogens is 240 g/mol. The summed E-state index contributed by atoms with van der Waals surface area (Å²) in [7, 11) is 3.95. The second-order valence-electron chi connectivity index (χ2n) is 5.17. The van der Waals surface area contributed by atoms with Crippen LogP contribution in [0.5, 0.6) is 0 Å². The zero-order valence-electron chi connectivity index (χ0n) is 12.1. The average Bonchev–Trinajstić information content (AvgIpc) is 2.27. The Morgan fingerprint density at radius 1 is 1.26 bits per heavy atom. The fourth-order valence-electron chi connectivity index (χ4n) is 1.85. The molecule has 2 atom stereocenters. The fraction of sp³-hybridized carbons (Fsp3) is 0.500. The molecule has 1 aromatic rings. The normalized spacial score (nSPS) is 14.0. The van der Waals surface area contributed by atoms with Gasteiger partial charge in [-0.2, -0.15) is 0 Å². The topological polar surface area (TPSA) is 70.4 Å². The van der Waals surface area contributed by atoms with Crippen molar-refractivity contribution in [1.29, 1.82) is 0 Å². The third-order valence-electron chi connectivity index (χ3n) is 2.71.